The van der Waals surface area contributed by atoms with E-state index in [1.54, 1.807) is 0 Å². The Labute approximate surface area is 160 Å². The number of hydrogen-bond acceptors (Lipinski definition) is 1. The van der Waals surface area contributed by atoms with Gasteiger partial charge in [-0.25, -0.2) is 0 Å². The van der Waals surface area contributed by atoms with E-state index in [1.807, 2.05) is 6.20 Å². The second-order valence-electron chi connectivity index (χ2n) is 8.73. The van der Waals surface area contributed by atoms with Crippen LogP contribution in [0.3, 0.4) is 0 Å². The lowest BCUT2D eigenvalue weighted by Crippen LogP contribution is -2.09. The molecule has 0 amide bonds. The van der Waals surface area contributed by atoms with Crippen molar-refractivity contribution in [3.05, 3.63) is 78.5 Å². The monoisotopic (exact) mass is 349 g/mol. The third-order valence-corrected chi connectivity index (χ3v) is 5.37. The van der Waals surface area contributed by atoms with Crippen molar-refractivity contribution < 1.29 is 0 Å². The van der Waals surface area contributed by atoms with E-state index in [4.69, 9.17) is 4.98 Å². The number of rotatable bonds is 1. The van der Waals surface area contributed by atoms with E-state index in [-0.39, 0.29) is 5.41 Å². The summed E-state index contributed by atoms with van der Waals surface area (Å²) < 4.78 is 0. The van der Waals surface area contributed by atoms with Gasteiger partial charge in [0.1, 0.15) is 0 Å². The van der Waals surface area contributed by atoms with Crippen LogP contribution in [-0.4, -0.2) is 4.98 Å². The fraction of sp³-hybridized carbons (Fsp3) is 0.192. The molecule has 1 aliphatic carbocycles. The van der Waals surface area contributed by atoms with Crippen LogP contribution < -0.4 is 0 Å². The largest absolute Gasteiger partial charge is 0.256 e. The Bertz CT molecular complexity index is 1170. The van der Waals surface area contributed by atoms with Crippen molar-refractivity contribution >= 4 is 10.8 Å². The van der Waals surface area contributed by atoms with Crippen LogP contribution in [0.15, 0.2) is 72.9 Å². The Balaban J connectivity index is 1.89. The molecule has 3 aromatic carbocycles. The Kier molecular flexibility index (Phi) is 3.48. The summed E-state index contributed by atoms with van der Waals surface area (Å²) in [5.41, 5.74) is 9.14. The Morgan fingerprint density at radius 1 is 0.704 bits per heavy atom. The molecule has 1 nitrogen and oxygen atoms in total. The number of nitrogens with zero attached hydrogens (tertiary/aromatic N) is 1. The highest BCUT2D eigenvalue weighted by Crippen LogP contribution is 2.46. The van der Waals surface area contributed by atoms with Crippen molar-refractivity contribution in [3.63, 3.8) is 0 Å². The number of hydrogen-bond donors (Lipinski definition) is 0. The minimum absolute atomic E-state index is 0.264. The fourth-order valence-corrected chi connectivity index (χ4v) is 4.35. The Hall–Kier alpha value is -2.93. The SMILES string of the molecule is CC(C)(C)Cc1ccc2c(c1)-c1ccccc1-c1cccc3ccnc-2c13. The Morgan fingerprint density at radius 3 is 2.22 bits per heavy atom. The maximum atomic E-state index is 4.83. The first-order chi connectivity index (χ1) is 13.0. The smallest absolute Gasteiger partial charge is 0.0792 e. The highest BCUT2D eigenvalue weighted by atomic mass is 14.7. The average Bonchev–Trinajstić information content (AvgIpc) is 2.76. The maximum absolute atomic E-state index is 4.83. The molecule has 0 bridgehead atoms. The van der Waals surface area contributed by atoms with Crippen LogP contribution in [0.1, 0.15) is 26.3 Å². The van der Waals surface area contributed by atoms with Gasteiger partial charge in [0, 0.05) is 17.1 Å². The van der Waals surface area contributed by atoms with Crippen molar-refractivity contribution in [1.82, 2.24) is 4.98 Å². The highest BCUT2D eigenvalue weighted by Gasteiger charge is 2.22. The topological polar surface area (TPSA) is 12.9 Å². The maximum Gasteiger partial charge on any atom is 0.0792 e. The summed E-state index contributed by atoms with van der Waals surface area (Å²) in [7, 11) is 0. The zero-order valence-corrected chi connectivity index (χ0v) is 16.1. The van der Waals surface area contributed by atoms with Gasteiger partial charge in [-0.05, 0) is 51.1 Å². The van der Waals surface area contributed by atoms with E-state index < -0.39 is 0 Å². The molecule has 0 aliphatic heterocycles. The van der Waals surface area contributed by atoms with Gasteiger partial charge in [-0.1, -0.05) is 81.4 Å². The zero-order chi connectivity index (χ0) is 18.6. The molecule has 132 valence electrons. The molecule has 0 spiro atoms. The second kappa shape index (κ2) is 5.79. The second-order valence-corrected chi connectivity index (χ2v) is 8.73. The molecule has 27 heavy (non-hydrogen) atoms. The summed E-state index contributed by atoms with van der Waals surface area (Å²) in [6, 6.07) is 24.4. The molecule has 1 heterocycles. The molecule has 0 N–H and O–H groups in total. The first kappa shape index (κ1) is 16.3. The van der Waals surface area contributed by atoms with Gasteiger partial charge in [-0.2, -0.15) is 0 Å². The molecular formula is C26H23N. The summed E-state index contributed by atoms with van der Waals surface area (Å²) in [5.74, 6) is 0. The molecule has 0 saturated heterocycles. The van der Waals surface area contributed by atoms with Crippen LogP contribution in [0.4, 0.5) is 0 Å². The number of pyridine rings is 1. The van der Waals surface area contributed by atoms with Crippen LogP contribution in [0, 0.1) is 5.41 Å². The quantitative estimate of drug-likeness (QED) is 0.313. The molecule has 0 unspecified atom stereocenters. The lowest BCUT2D eigenvalue weighted by Gasteiger charge is -2.20. The molecule has 0 fully saturated rings. The molecule has 1 heteroatoms. The average molecular weight is 349 g/mol. The first-order valence-electron chi connectivity index (χ1n) is 9.62. The van der Waals surface area contributed by atoms with Crippen LogP contribution >= 0.6 is 0 Å². The predicted molar refractivity (Wildman–Crippen MR) is 115 cm³/mol. The third-order valence-electron chi connectivity index (χ3n) is 5.37. The molecule has 0 saturated carbocycles. The predicted octanol–water partition coefficient (Wildman–Crippen LogP) is 7.14. The van der Waals surface area contributed by atoms with Crippen molar-refractivity contribution in [3.8, 4) is 33.5 Å². The summed E-state index contributed by atoms with van der Waals surface area (Å²) in [6.07, 6.45) is 3.00. The highest BCUT2D eigenvalue weighted by molar-refractivity contribution is 6.12. The van der Waals surface area contributed by atoms with Crippen molar-refractivity contribution in [2.24, 2.45) is 5.41 Å². The van der Waals surface area contributed by atoms with Crippen LogP contribution in [0.25, 0.3) is 44.3 Å². The standard InChI is InChI=1S/C26H23N/c1-26(2,3)16-17-11-12-22-23(15-17)20-9-5-4-8-19(20)21-10-6-7-18-13-14-27-25(22)24(18)21/h4-15H,16H2,1-3H3. The van der Waals surface area contributed by atoms with Crippen molar-refractivity contribution in [2.45, 2.75) is 27.2 Å². The van der Waals surface area contributed by atoms with Gasteiger partial charge in [-0.3, -0.25) is 4.98 Å². The van der Waals surface area contributed by atoms with Gasteiger partial charge in [0.15, 0.2) is 0 Å². The van der Waals surface area contributed by atoms with E-state index in [9.17, 15) is 0 Å². The van der Waals surface area contributed by atoms with E-state index in [0.29, 0.717) is 0 Å². The minimum atomic E-state index is 0.264. The summed E-state index contributed by atoms with van der Waals surface area (Å²) in [5, 5.41) is 2.51. The van der Waals surface area contributed by atoms with E-state index >= 15 is 0 Å². The van der Waals surface area contributed by atoms with E-state index in [0.717, 1.165) is 12.1 Å². The van der Waals surface area contributed by atoms with E-state index in [2.05, 4.69) is 87.5 Å². The molecule has 0 atom stereocenters. The molecule has 0 radical (unpaired) electrons. The third kappa shape index (κ3) is 2.66. The van der Waals surface area contributed by atoms with Gasteiger partial charge in [0.05, 0.1) is 5.69 Å². The molecular weight excluding hydrogens is 326 g/mol. The summed E-state index contributed by atoms with van der Waals surface area (Å²) in [4.78, 5) is 4.83. The fourth-order valence-electron chi connectivity index (χ4n) is 4.35. The number of fused-ring (bicyclic) bond motifs is 5. The van der Waals surface area contributed by atoms with Crippen LogP contribution in [0.5, 0.6) is 0 Å². The minimum Gasteiger partial charge on any atom is -0.256 e. The van der Waals surface area contributed by atoms with Gasteiger partial charge in [0.25, 0.3) is 0 Å². The number of benzene rings is 3. The van der Waals surface area contributed by atoms with Crippen LogP contribution in [-0.2, 0) is 6.42 Å². The molecule has 1 aromatic heterocycles. The van der Waals surface area contributed by atoms with Gasteiger partial charge < -0.3 is 0 Å². The van der Waals surface area contributed by atoms with Crippen LogP contribution in [0.2, 0.25) is 0 Å². The summed E-state index contributed by atoms with van der Waals surface area (Å²) in [6.45, 7) is 6.89. The number of aromatic nitrogens is 1. The Morgan fingerprint density at radius 2 is 1.44 bits per heavy atom. The lowest BCUT2D eigenvalue weighted by molar-refractivity contribution is 0.411. The summed E-state index contributed by atoms with van der Waals surface area (Å²) >= 11 is 0. The normalized spacial score (nSPS) is 12.4. The van der Waals surface area contributed by atoms with Crippen molar-refractivity contribution in [2.75, 3.05) is 0 Å². The molecule has 4 aromatic rings. The molecule has 1 aliphatic rings. The van der Waals surface area contributed by atoms with Gasteiger partial charge in [0.2, 0.25) is 0 Å². The van der Waals surface area contributed by atoms with Gasteiger partial charge in [-0.15, -0.1) is 0 Å². The van der Waals surface area contributed by atoms with Gasteiger partial charge >= 0.3 is 0 Å². The van der Waals surface area contributed by atoms with E-state index in [1.165, 1.54) is 44.2 Å². The lowest BCUT2D eigenvalue weighted by atomic mass is 9.85. The molecule has 5 rings (SSSR count). The zero-order valence-electron chi connectivity index (χ0n) is 16.1. The van der Waals surface area contributed by atoms with Crippen molar-refractivity contribution in [1.29, 1.82) is 0 Å². The first-order valence-corrected chi connectivity index (χ1v) is 9.62.